The zero-order valence-electron chi connectivity index (χ0n) is 24.1. The normalized spacial score (nSPS) is 20.1. The molecule has 0 bridgehead atoms. The second-order valence-corrected chi connectivity index (χ2v) is 12.6. The van der Waals surface area contributed by atoms with Gasteiger partial charge in [0.2, 0.25) is 5.95 Å². The van der Waals surface area contributed by atoms with Crippen molar-refractivity contribution in [2.75, 3.05) is 19.6 Å². The van der Waals surface area contributed by atoms with Crippen molar-refractivity contribution < 1.29 is 14.0 Å². The van der Waals surface area contributed by atoms with Crippen LogP contribution >= 0.6 is 11.6 Å². The van der Waals surface area contributed by atoms with Gasteiger partial charge in [0.05, 0.1) is 11.7 Å². The number of aromatic nitrogens is 1. The van der Waals surface area contributed by atoms with E-state index in [1.807, 2.05) is 23.1 Å². The average molecular weight is 557 g/mol. The number of carbonyl (C=O) groups is 2. The molecule has 2 aliphatic rings. The van der Waals surface area contributed by atoms with Crippen LogP contribution in [0.3, 0.4) is 0 Å². The smallest absolute Gasteiger partial charge is 0.317 e. The summed E-state index contributed by atoms with van der Waals surface area (Å²) in [6.07, 6.45) is 3.96. The molecule has 0 N–H and O–H groups in total. The molecule has 8 heteroatoms. The highest BCUT2D eigenvalue weighted by molar-refractivity contribution is 6.30. The van der Waals surface area contributed by atoms with Gasteiger partial charge in [-0.15, -0.1) is 0 Å². The van der Waals surface area contributed by atoms with E-state index < -0.39 is 5.95 Å². The topological polar surface area (TPSA) is 56.8 Å². The van der Waals surface area contributed by atoms with Crippen molar-refractivity contribution in [2.24, 2.45) is 0 Å². The van der Waals surface area contributed by atoms with Crippen molar-refractivity contribution in [3.63, 3.8) is 0 Å². The number of rotatable bonds is 8. The summed E-state index contributed by atoms with van der Waals surface area (Å²) in [6.45, 7) is 14.4. The van der Waals surface area contributed by atoms with Crippen LogP contribution in [0, 0.1) is 19.8 Å². The SMILES string of the molecule is Cc1cc(F)nc(C)c1C(=O)CCCC(C)N1CCC(N2C(=O)N(C(C)(C)C)CC2c2cccc(Cl)c2)CC1. The number of carbonyl (C=O) groups excluding carboxylic acids is 2. The molecule has 2 aliphatic heterocycles. The van der Waals surface area contributed by atoms with Crippen molar-refractivity contribution in [1.29, 1.82) is 0 Å². The third-order valence-corrected chi connectivity index (χ3v) is 8.61. The van der Waals surface area contributed by atoms with Crippen molar-refractivity contribution >= 4 is 23.4 Å². The summed E-state index contributed by atoms with van der Waals surface area (Å²) < 4.78 is 13.5. The first-order valence-electron chi connectivity index (χ1n) is 14.1. The molecule has 39 heavy (non-hydrogen) atoms. The Hall–Kier alpha value is -2.51. The largest absolute Gasteiger partial charge is 0.321 e. The Morgan fingerprint density at radius 3 is 2.49 bits per heavy atom. The number of hydrogen-bond acceptors (Lipinski definition) is 4. The second kappa shape index (κ2) is 11.9. The number of ketones is 1. The maximum absolute atomic E-state index is 13.7. The van der Waals surface area contributed by atoms with Gasteiger partial charge in [-0.1, -0.05) is 23.7 Å². The maximum Gasteiger partial charge on any atom is 0.321 e. The lowest BCUT2D eigenvalue weighted by Crippen LogP contribution is -2.50. The summed E-state index contributed by atoms with van der Waals surface area (Å²) in [5.41, 5.74) is 2.50. The average Bonchev–Trinajstić information content (AvgIpc) is 3.21. The number of hydrogen-bond donors (Lipinski definition) is 0. The number of Topliss-reactive ketones (excluding diaryl/α,β-unsaturated/α-hetero) is 1. The van der Waals surface area contributed by atoms with E-state index in [4.69, 9.17) is 11.6 Å². The van der Waals surface area contributed by atoms with E-state index in [1.165, 1.54) is 6.07 Å². The molecule has 6 nitrogen and oxygen atoms in total. The first-order valence-corrected chi connectivity index (χ1v) is 14.5. The van der Waals surface area contributed by atoms with Gasteiger partial charge < -0.3 is 14.7 Å². The molecule has 2 atom stereocenters. The first-order chi connectivity index (χ1) is 18.4. The van der Waals surface area contributed by atoms with Gasteiger partial charge in [-0.2, -0.15) is 4.39 Å². The number of piperidine rings is 1. The monoisotopic (exact) mass is 556 g/mol. The second-order valence-electron chi connectivity index (χ2n) is 12.2. The lowest BCUT2D eigenvalue weighted by atomic mass is 9.96. The molecule has 212 valence electrons. The zero-order valence-corrected chi connectivity index (χ0v) is 24.9. The predicted molar refractivity (Wildman–Crippen MR) is 154 cm³/mol. The highest BCUT2D eigenvalue weighted by atomic mass is 35.5. The number of halogens is 2. The molecule has 1 aromatic heterocycles. The molecule has 2 unspecified atom stereocenters. The molecule has 0 radical (unpaired) electrons. The molecule has 2 fully saturated rings. The number of aryl methyl sites for hydroxylation is 2. The van der Waals surface area contributed by atoms with Crippen LogP contribution in [0.5, 0.6) is 0 Å². The van der Waals surface area contributed by atoms with Crippen LogP contribution in [-0.2, 0) is 0 Å². The van der Waals surface area contributed by atoms with Gasteiger partial charge in [0.15, 0.2) is 5.78 Å². The van der Waals surface area contributed by atoms with Crippen molar-refractivity contribution in [2.45, 2.75) is 97.3 Å². The minimum atomic E-state index is -0.542. The molecule has 0 saturated carbocycles. The molecule has 0 aliphatic carbocycles. The third kappa shape index (κ3) is 6.63. The number of nitrogens with zero attached hydrogens (tertiary/aromatic N) is 4. The van der Waals surface area contributed by atoms with Crippen LogP contribution in [0.4, 0.5) is 9.18 Å². The molecule has 0 spiro atoms. The maximum atomic E-state index is 13.7. The standard InChI is InChI=1S/C31H42ClFN4O2/c1-20-17-28(33)34-22(3)29(20)27(38)12-7-9-21(2)35-15-13-25(14-16-35)37-26(23-10-8-11-24(32)18-23)19-36(30(37)39)31(4,5)6/h8,10-11,17-18,21,25-26H,7,9,12-16,19H2,1-6H3. The quantitative estimate of drug-likeness (QED) is 0.260. The summed E-state index contributed by atoms with van der Waals surface area (Å²) in [5, 5.41) is 0.692. The van der Waals surface area contributed by atoms with Crippen LogP contribution in [0.15, 0.2) is 30.3 Å². The van der Waals surface area contributed by atoms with E-state index in [2.05, 4.69) is 48.5 Å². The highest BCUT2D eigenvalue weighted by Crippen LogP contribution is 2.38. The van der Waals surface area contributed by atoms with E-state index in [-0.39, 0.29) is 29.4 Å². The van der Waals surface area contributed by atoms with Gasteiger partial charge in [0.25, 0.3) is 0 Å². The van der Waals surface area contributed by atoms with E-state index in [9.17, 15) is 14.0 Å². The van der Waals surface area contributed by atoms with Crippen LogP contribution in [-0.4, -0.2) is 68.8 Å². The minimum absolute atomic E-state index is 0.0109. The van der Waals surface area contributed by atoms with Crippen molar-refractivity contribution in [3.05, 3.63) is 63.7 Å². The third-order valence-electron chi connectivity index (χ3n) is 8.37. The molecule has 2 aromatic rings. The molecular formula is C31H42ClFN4O2. The Balaban J connectivity index is 1.35. The predicted octanol–water partition coefficient (Wildman–Crippen LogP) is 6.97. The van der Waals surface area contributed by atoms with Crippen LogP contribution in [0.25, 0.3) is 0 Å². The van der Waals surface area contributed by atoms with Gasteiger partial charge in [-0.3, -0.25) is 4.79 Å². The van der Waals surface area contributed by atoms with Gasteiger partial charge in [0.1, 0.15) is 0 Å². The van der Waals surface area contributed by atoms with E-state index in [1.54, 1.807) is 13.8 Å². The number of likely N-dealkylation sites (tertiary alicyclic amines) is 1. The Bertz CT molecular complexity index is 1180. The van der Waals surface area contributed by atoms with E-state index >= 15 is 0 Å². The molecule has 1 aromatic carbocycles. The molecular weight excluding hydrogens is 515 g/mol. The number of urea groups is 1. The zero-order chi connectivity index (χ0) is 28.5. The van der Waals surface area contributed by atoms with Crippen LogP contribution in [0.2, 0.25) is 5.02 Å². The van der Waals surface area contributed by atoms with Crippen LogP contribution < -0.4 is 0 Å². The van der Waals surface area contributed by atoms with E-state index in [0.717, 1.165) is 44.3 Å². The van der Waals surface area contributed by atoms with Crippen molar-refractivity contribution in [1.82, 2.24) is 19.7 Å². The molecule has 3 heterocycles. The minimum Gasteiger partial charge on any atom is -0.317 e. The Labute approximate surface area is 237 Å². The first kappa shape index (κ1) is 29.5. The fraction of sp³-hybridized carbons (Fsp3) is 0.581. The molecule has 2 amide bonds. The van der Waals surface area contributed by atoms with Crippen molar-refractivity contribution in [3.8, 4) is 0 Å². The fourth-order valence-corrected chi connectivity index (χ4v) is 6.44. The van der Waals surface area contributed by atoms with Crippen LogP contribution in [0.1, 0.15) is 93.0 Å². The van der Waals surface area contributed by atoms with Gasteiger partial charge in [-0.25, -0.2) is 9.78 Å². The van der Waals surface area contributed by atoms with Gasteiger partial charge in [-0.05, 0) is 96.6 Å². The summed E-state index contributed by atoms with van der Waals surface area (Å²) in [7, 11) is 0. The number of benzene rings is 1. The Morgan fingerprint density at radius 1 is 1.18 bits per heavy atom. The summed E-state index contributed by atoms with van der Waals surface area (Å²) in [4.78, 5) is 36.9. The fourth-order valence-electron chi connectivity index (χ4n) is 6.24. The van der Waals surface area contributed by atoms with Gasteiger partial charge in [0, 0.05) is 54.3 Å². The lowest BCUT2D eigenvalue weighted by Gasteiger charge is -2.41. The number of pyridine rings is 1. The summed E-state index contributed by atoms with van der Waals surface area (Å²) in [6, 6.07) is 9.85. The lowest BCUT2D eigenvalue weighted by molar-refractivity contribution is 0.0873. The Kier molecular flexibility index (Phi) is 9.01. The van der Waals surface area contributed by atoms with E-state index in [0.29, 0.717) is 40.9 Å². The number of amides is 2. The summed E-state index contributed by atoms with van der Waals surface area (Å²) >= 11 is 6.33. The summed E-state index contributed by atoms with van der Waals surface area (Å²) in [5.74, 6) is -0.509. The van der Waals surface area contributed by atoms with Gasteiger partial charge >= 0.3 is 6.03 Å². The Morgan fingerprint density at radius 2 is 1.87 bits per heavy atom. The highest BCUT2D eigenvalue weighted by Gasteiger charge is 2.46. The molecule has 2 saturated heterocycles. The molecule has 4 rings (SSSR count).